The van der Waals surface area contributed by atoms with E-state index in [2.05, 4.69) is 11.6 Å². The van der Waals surface area contributed by atoms with E-state index in [0.29, 0.717) is 34.0 Å². The summed E-state index contributed by atoms with van der Waals surface area (Å²) in [6, 6.07) is 11.5. The summed E-state index contributed by atoms with van der Waals surface area (Å²) >= 11 is 1.22. The maximum atomic E-state index is 12.7. The van der Waals surface area contributed by atoms with Crippen molar-refractivity contribution in [3.63, 3.8) is 0 Å². The maximum Gasteiger partial charge on any atom is 0.283 e. The zero-order valence-electron chi connectivity index (χ0n) is 14.6. The summed E-state index contributed by atoms with van der Waals surface area (Å²) in [6.07, 6.45) is 1.69. The van der Waals surface area contributed by atoms with Crippen molar-refractivity contribution in [1.29, 1.82) is 0 Å². The molecule has 2 aromatic carbocycles. The molecule has 1 aromatic heterocycles. The number of rotatable bonds is 6. The van der Waals surface area contributed by atoms with Gasteiger partial charge in [0.25, 0.3) is 11.6 Å². The van der Waals surface area contributed by atoms with Crippen molar-refractivity contribution in [2.45, 2.75) is 13.5 Å². The molecule has 138 valence electrons. The minimum atomic E-state index is -0.447. The fourth-order valence-corrected chi connectivity index (χ4v) is 3.71. The van der Waals surface area contributed by atoms with E-state index in [1.165, 1.54) is 23.5 Å². The van der Waals surface area contributed by atoms with Crippen LogP contribution in [-0.4, -0.2) is 22.0 Å². The predicted molar refractivity (Wildman–Crippen MR) is 104 cm³/mol. The third kappa shape index (κ3) is 3.80. The molecule has 0 aliphatic heterocycles. The number of thiazole rings is 1. The highest BCUT2D eigenvalue weighted by atomic mass is 32.1. The van der Waals surface area contributed by atoms with Crippen molar-refractivity contribution >= 4 is 33.1 Å². The lowest BCUT2D eigenvalue weighted by atomic mass is 10.2. The molecule has 0 unspecified atom stereocenters. The van der Waals surface area contributed by atoms with Gasteiger partial charge < -0.3 is 9.30 Å². The van der Waals surface area contributed by atoms with Crippen LogP contribution in [0.3, 0.4) is 0 Å². The molecular weight excluding hydrogens is 366 g/mol. The van der Waals surface area contributed by atoms with E-state index in [9.17, 15) is 14.9 Å². The predicted octanol–water partition coefficient (Wildman–Crippen LogP) is 3.94. The minimum Gasteiger partial charge on any atom is -0.493 e. The molecule has 7 nitrogen and oxygen atoms in total. The number of benzene rings is 2. The van der Waals surface area contributed by atoms with Crippen LogP contribution in [-0.2, 0) is 6.54 Å². The number of aromatic nitrogens is 1. The second-order valence-corrected chi connectivity index (χ2v) is 6.55. The number of non-ortho nitro benzene ring substituents is 1. The van der Waals surface area contributed by atoms with Gasteiger partial charge in [-0.1, -0.05) is 29.5 Å². The summed E-state index contributed by atoms with van der Waals surface area (Å²) in [7, 11) is 0. The molecular formula is C19H17N3O4S. The molecule has 0 fully saturated rings. The zero-order valence-corrected chi connectivity index (χ0v) is 15.4. The van der Waals surface area contributed by atoms with Crippen molar-refractivity contribution in [3.05, 3.63) is 75.6 Å². The summed E-state index contributed by atoms with van der Waals surface area (Å²) in [5, 5.41) is 11.0. The van der Waals surface area contributed by atoms with E-state index in [4.69, 9.17) is 4.74 Å². The third-order valence-corrected chi connectivity index (χ3v) is 4.84. The van der Waals surface area contributed by atoms with Gasteiger partial charge in [-0.2, -0.15) is 4.99 Å². The molecule has 8 heteroatoms. The first-order valence-corrected chi connectivity index (χ1v) is 9.06. The average Bonchev–Trinajstić information content (AvgIpc) is 2.99. The fourth-order valence-electron chi connectivity index (χ4n) is 2.64. The van der Waals surface area contributed by atoms with Crippen LogP contribution in [0.25, 0.3) is 10.2 Å². The van der Waals surface area contributed by atoms with Crippen LogP contribution in [0.5, 0.6) is 5.75 Å². The Kier molecular flexibility index (Phi) is 5.46. The topological polar surface area (TPSA) is 86.7 Å². The Balaban J connectivity index is 2.14. The molecule has 3 rings (SSSR count). The number of amides is 1. The van der Waals surface area contributed by atoms with Gasteiger partial charge in [0.05, 0.1) is 27.3 Å². The second kappa shape index (κ2) is 7.96. The van der Waals surface area contributed by atoms with E-state index in [1.54, 1.807) is 41.0 Å². The van der Waals surface area contributed by atoms with Gasteiger partial charge in [-0.15, -0.1) is 6.58 Å². The molecule has 0 radical (unpaired) electrons. The molecule has 0 N–H and O–H groups in total. The van der Waals surface area contributed by atoms with Crippen molar-refractivity contribution in [2.24, 2.45) is 4.99 Å². The summed E-state index contributed by atoms with van der Waals surface area (Å²) < 4.78 is 7.98. The fraction of sp³-hybridized carbons (Fsp3) is 0.158. The maximum absolute atomic E-state index is 12.7. The van der Waals surface area contributed by atoms with Crippen LogP contribution in [0.1, 0.15) is 17.3 Å². The van der Waals surface area contributed by atoms with Gasteiger partial charge in [-0.05, 0) is 25.1 Å². The lowest BCUT2D eigenvalue weighted by molar-refractivity contribution is -0.384. The standard InChI is InChI=1S/C19H17N3O4S/c1-3-11-21-15-10-9-13(22(24)25)12-17(15)27-19(21)20-18(23)14-7-5-6-8-16(14)26-4-2/h3,5-10,12H,1,4,11H2,2H3. The highest BCUT2D eigenvalue weighted by Gasteiger charge is 2.14. The minimum absolute atomic E-state index is 0.00549. The molecule has 0 aliphatic rings. The van der Waals surface area contributed by atoms with Gasteiger partial charge in [-0.25, -0.2) is 0 Å². The van der Waals surface area contributed by atoms with E-state index >= 15 is 0 Å². The number of ether oxygens (including phenoxy) is 1. The number of carbonyl (C=O) groups excluding carboxylic acids is 1. The van der Waals surface area contributed by atoms with Crippen molar-refractivity contribution < 1.29 is 14.5 Å². The highest BCUT2D eigenvalue weighted by molar-refractivity contribution is 7.16. The van der Waals surface area contributed by atoms with E-state index in [0.717, 1.165) is 5.52 Å². The van der Waals surface area contributed by atoms with Crippen LogP contribution >= 0.6 is 11.3 Å². The summed E-state index contributed by atoms with van der Waals surface area (Å²) in [5.41, 5.74) is 1.12. The molecule has 0 spiro atoms. The first-order valence-electron chi connectivity index (χ1n) is 8.24. The quantitative estimate of drug-likeness (QED) is 0.366. The number of hydrogen-bond acceptors (Lipinski definition) is 5. The molecule has 0 aliphatic carbocycles. The Labute approximate surface area is 159 Å². The molecule has 27 heavy (non-hydrogen) atoms. The number of carbonyl (C=O) groups is 1. The Morgan fingerprint density at radius 1 is 1.37 bits per heavy atom. The molecule has 0 atom stereocenters. The second-order valence-electron chi connectivity index (χ2n) is 5.54. The third-order valence-electron chi connectivity index (χ3n) is 3.80. The smallest absolute Gasteiger partial charge is 0.283 e. The zero-order chi connectivity index (χ0) is 19.4. The van der Waals surface area contributed by atoms with Gasteiger partial charge in [0.1, 0.15) is 5.75 Å². The lowest BCUT2D eigenvalue weighted by Gasteiger charge is -2.06. The van der Waals surface area contributed by atoms with Crippen molar-refractivity contribution in [2.75, 3.05) is 6.61 Å². The van der Waals surface area contributed by atoms with E-state index in [1.807, 2.05) is 6.92 Å². The van der Waals surface area contributed by atoms with Gasteiger partial charge in [0.15, 0.2) is 4.80 Å². The Morgan fingerprint density at radius 2 is 2.15 bits per heavy atom. The average molecular weight is 383 g/mol. The Bertz CT molecular complexity index is 1100. The molecule has 0 saturated heterocycles. The largest absolute Gasteiger partial charge is 0.493 e. The first kappa shape index (κ1) is 18.5. The van der Waals surface area contributed by atoms with Crippen LogP contribution in [0.15, 0.2) is 60.1 Å². The van der Waals surface area contributed by atoms with Gasteiger partial charge in [0, 0.05) is 18.7 Å². The Hall–Kier alpha value is -3.26. The van der Waals surface area contributed by atoms with Gasteiger partial charge >= 0.3 is 0 Å². The van der Waals surface area contributed by atoms with E-state index in [-0.39, 0.29) is 5.69 Å². The Morgan fingerprint density at radius 3 is 2.85 bits per heavy atom. The normalized spacial score (nSPS) is 11.5. The number of hydrogen-bond donors (Lipinski definition) is 0. The monoisotopic (exact) mass is 383 g/mol. The number of nitro benzene ring substituents is 1. The van der Waals surface area contributed by atoms with Gasteiger partial charge in [-0.3, -0.25) is 14.9 Å². The van der Waals surface area contributed by atoms with Gasteiger partial charge in [0.2, 0.25) is 0 Å². The van der Waals surface area contributed by atoms with Crippen molar-refractivity contribution in [1.82, 2.24) is 4.57 Å². The molecule has 3 aromatic rings. The van der Waals surface area contributed by atoms with Crippen molar-refractivity contribution in [3.8, 4) is 5.75 Å². The summed E-state index contributed by atoms with van der Waals surface area (Å²) in [6.45, 7) is 6.44. The molecule has 0 bridgehead atoms. The molecule has 1 heterocycles. The summed E-state index contributed by atoms with van der Waals surface area (Å²) in [5.74, 6) is 0.0405. The highest BCUT2D eigenvalue weighted by Crippen LogP contribution is 2.24. The van der Waals surface area contributed by atoms with Crippen LogP contribution in [0.4, 0.5) is 5.69 Å². The molecule has 1 amide bonds. The van der Waals surface area contributed by atoms with Crippen LogP contribution in [0.2, 0.25) is 0 Å². The SMILES string of the molecule is C=CCn1c(=NC(=O)c2ccccc2OCC)sc2cc([N+](=O)[O-])ccc21. The number of para-hydroxylation sites is 1. The number of fused-ring (bicyclic) bond motifs is 1. The summed E-state index contributed by atoms with van der Waals surface area (Å²) in [4.78, 5) is 28.0. The van der Waals surface area contributed by atoms with Crippen LogP contribution < -0.4 is 9.54 Å². The lowest BCUT2D eigenvalue weighted by Crippen LogP contribution is -2.16. The number of nitro groups is 1. The first-order chi connectivity index (χ1) is 13.0. The van der Waals surface area contributed by atoms with E-state index < -0.39 is 10.8 Å². The van der Waals surface area contributed by atoms with Crippen LogP contribution in [0, 0.1) is 10.1 Å². The number of nitrogens with zero attached hydrogens (tertiary/aromatic N) is 3. The molecule has 0 saturated carbocycles. The number of allylic oxidation sites excluding steroid dienone is 1.